The van der Waals surface area contributed by atoms with Gasteiger partial charge >= 0.3 is 0 Å². The van der Waals surface area contributed by atoms with Gasteiger partial charge in [-0.3, -0.25) is 4.79 Å². The lowest BCUT2D eigenvalue weighted by Gasteiger charge is -2.21. The van der Waals surface area contributed by atoms with Gasteiger partial charge in [0, 0.05) is 0 Å². The van der Waals surface area contributed by atoms with E-state index in [2.05, 4.69) is 43.5 Å². The molecule has 0 aliphatic rings. The van der Waals surface area contributed by atoms with E-state index in [4.69, 9.17) is 0 Å². The fourth-order valence-corrected chi connectivity index (χ4v) is 5.66. The van der Waals surface area contributed by atoms with E-state index in [-0.39, 0.29) is 18.9 Å². The van der Waals surface area contributed by atoms with E-state index in [0.29, 0.717) is 6.42 Å². The van der Waals surface area contributed by atoms with E-state index in [1.807, 2.05) is 6.08 Å². The van der Waals surface area contributed by atoms with Crippen molar-refractivity contribution in [1.29, 1.82) is 0 Å². The van der Waals surface area contributed by atoms with Crippen LogP contribution >= 0.6 is 0 Å². The quantitative estimate of drug-likeness (QED) is 0.0419. The van der Waals surface area contributed by atoms with Crippen LogP contribution in [0.3, 0.4) is 0 Å². The van der Waals surface area contributed by atoms with Crippen LogP contribution in [-0.2, 0) is 4.79 Å². The number of hydrogen-bond donors (Lipinski definition) is 4. The molecule has 0 aromatic heterocycles. The van der Waals surface area contributed by atoms with Crippen LogP contribution in [0.2, 0.25) is 0 Å². The minimum absolute atomic E-state index is 0.00437. The molecule has 0 aromatic rings. The van der Waals surface area contributed by atoms with Crippen LogP contribution in [0.25, 0.3) is 0 Å². The summed E-state index contributed by atoms with van der Waals surface area (Å²) >= 11 is 0. The Morgan fingerprint density at radius 1 is 0.556 bits per heavy atom. The number of allylic oxidation sites excluding steroid dienone is 5. The van der Waals surface area contributed by atoms with E-state index < -0.39 is 18.2 Å². The average molecular weight is 634 g/mol. The van der Waals surface area contributed by atoms with E-state index in [1.54, 1.807) is 6.08 Å². The van der Waals surface area contributed by atoms with Gasteiger partial charge in [-0.25, -0.2) is 0 Å². The number of aliphatic hydroxyl groups is 3. The van der Waals surface area contributed by atoms with Gasteiger partial charge in [0.25, 0.3) is 0 Å². The Morgan fingerprint density at radius 2 is 0.956 bits per heavy atom. The molecule has 0 rings (SSSR count). The summed E-state index contributed by atoms with van der Waals surface area (Å²) in [5, 5.41) is 33.0. The first-order valence-corrected chi connectivity index (χ1v) is 19.3. The highest BCUT2D eigenvalue weighted by atomic mass is 16.3. The predicted octanol–water partition coefficient (Wildman–Crippen LogP) is 10.4. The predicted molar refractivity (Wildman–Crippen MR) is 194 cm³/mol. The zero-order chi connectivity index (χ0) is 33.1. The Labute approximate surface area is 279 Å². The number of nitrogens with one attached hydrogen (secondary N) is 1. The number of aliphatic hydroxyl groups excluding tert-OH is 3. The maximum Gasteiger partial charge on any atom is 0.222 e. The van der Waals surface area contributed by atoms with Crippen molar-refractivity contribution in [2.24, 2.45) is 0 Å². The van der Waals surface area contributed by atoms with E-state index in [1.165, 1.54) is 122 Å². The maximum atomic E-state index is 12.4. The van der Waals surface area contributed by atoms with Gasteiger partial charge in [-0.2, -0.15) is 0 Å². The van der Waals surface area contributed by atoms with E-state index in [0.717, 1.165) is 38.5 Å². The first kappa shape index (κ1) is 43.6. The summed E-state index contributed by atoms with van der Waals surface area (Å²) in [6.07, 6.45) is 42.7. The molecule has 45 heavy (non-hydrogen) atoms. The van der Waals surface area contributed by atoms with Crippen molar-refractivity contribution >= 4 is 5.91 Å². The minimum Gasteiger partial charge on any atom is -0.394 e. The molecular weight excluding hydrogens is 558 g/mol. The van der Waals surface area contributed by atoms with E-state index >= 15 is 0 Å². The molecule has 1 amide bonds. The van der Waals surface area contributed by atoms with Crippen molar-refractivity contribution in [3.05, 3.63) is 36.5 Å². The third-order valence-corrected chi connectivity index (χ3v) is 8.66. The monoisotopic (exact) mass is 634 g/mol. The lowest BCUT2D eigenvalue weighted by Crippen LogP contribution is -2.45. The molecule has 0 aliphatic carbocycles. The third-order valence-electron chi connectivity index (χ3n) is 8.66. The van der Waals surface area contributed by atoms with Crippen molar-refractivity contribution in [2.45, 2.75) is 205 Å². The van der Waals surface area contributed by atoms with Crippen LogP contribution in [-0.4, -0.2) is 46.1 Å². The number of amides is 1. The molecule has 0 saturated carbocycles. The van der Waals surface area contributed by atoms with Gasteiger partial charge in [0.15, 0.2) is 0 Å². The Kier molecular flexibility index (Phi) is 34.3. The summed E-state index contributed by atoms with van der Waals surface area (Å²) in [6.45, 7) is 4.17. The highest BCUT2D eigenvalue weighted by molar-refractivity contribution is 5.76. The Balaban J connectivity index is 3.80. The van der Waals surface area contributed by atoms with Gasteiger partial charge in [-0.1, -0.05) is 172 Å². The van der Waals surface area contributed by atoms with Gasteiger partial charge in [-0.05, 0) is 44.9 Å². The second kappa shape index (κ2) is 35.4. The Morgan fingerprint density at radius 3 is 1.42 bits per heavy atom. The van der Waals surface area contributed by atoms with Gasteiger partial charge in [0.1, 0.15) is 0 Å². The van der Waals surface area contributed by atoms with Crippen molar-refractivity contribution in [1.82, 2.24) is 5.32 Å². The molecule has 0 bridgehead atoms. The molecule has 3 atom stereocenters. The molecule has 5 nitrogen and oxygen atoms in total. The summed E-state index contributed by atoms with van der Waals surface area (Å²) in [5.74, 6) is -0.330. The molecule has 4 N–H and O–H groups in total. The van der Waals surface area contributed by atoms with Crippen LogP contribution in [0.4, 0.5) is 0 Å². The number of carbonyl (C=O) groups is 1. The molecule has 0 saturated heterocycles. The van der Waals surface area contributed by atoms with Crippen molar-refractivity contribution in [3.63, 3.8) is 0 Å². The van der Waals surface area contributed by atoms with Crippen LogP contribution in [0, 0.1) is 0 Å². The lowest BCUT2D eigenvalue weighted by molar-refractivity contribution is -0.124. The molecule has 0 fully saturated rings. The van der Waals surface area contributed by atoms with Gasteiger partial charge in [-0.15, -0.1) is 0 Å². The Hall–Kier alpha value is -1.43. The smallest absolute Gasteiger partial charge is 0.222 e. The number of hydrogen-bond acceptors (Lipinski definition) is 4. The van der Waals surface area contributed by atoms with Crippen molar-refractivity contribution in [2.75, 3.05) is 6.61 Å². The molecule has 0 heterocycles. The first-order chi connectivity index (χ1) is 22.0. The van der Waals surface area contributed by atoms with Gasteiger partial charge in [0.05, 0.1) is 31.3 Å². The molecule has 0 aliphatic heterocycles. The number of unbranched alkanes of at least 4 members (excludes halogenated alkanes) is 21. The highest BCUT2D eigenvalue weighted by Crippen LogP contribution is 2.14. The third kappa shape index (κ3) is 32.3. The zero-order valence-corrected chi connectivity index (χ0v) is 29.7. The van der Waals surface area contributed by atoms with Crippen molar-refractivity contribution < 1.29 is 20.1 Å². The molecule has 0 radical (unpaired) electrons. The van der Waals surface area contributed by atoms with Crippen LogP contribution in [0.5, 0.6) is 0 Å². The van der Waals surface area contributed by atoms with Gasteiger partial charge in [0.2, 0.25) is 5.91 Å². The lowest BCUT2D eigenvalue weighted by atomic mass is 10.0. The fourth-order valence-electron chi connectivity index (χ4n) is 5.66. The summed E-state index contributed by atoms with van der Waals surface area (Å²) in [7, 11) is 0. The molecule has 3 unspecified atom stereocenters. The molecule has 5 heteroatoms. The second-order valence-corrected chi connectivity index (χ2v) is 13.2. The highest BCUT2D eigenvalue weighted by Gasteiger charge is 2.20. The second-order valence-electron chi connectivity index (χ2n) is 13.2. The summed E-state index contributed by atoms with van der Waals surface area (Å²) < 4.78 is 0. The average Bonchev–Trinajstić information content (AvgIpc) is 3.03. The Bertz CT molecular complexity index is 704. The standard InChI is InChI=1S/C40H75NO4/c1-3-5-7-9-11-13-15-17-19-20-22-24-26-28-30-32-34-39(44)38(36-42)41-40(45)35-37(43)33-31-29-27-25-23-21-18-16-14-12-10-8-6-4-2/h17,19,24,26,32,34,37-39,42-44H,3-16,18,20-23,25,27-31,33,35-36H2,1-2H3,(H,41,45)/b19-17+,26-24+,34-32+. The van der Waals surface area contributed by atoms with Crippen LogP contribution in [0.15, 0.2) is 36.5 Å². The van der Waals surface area contributed by atoms with Crippen LogP contribution in [0.1, 0.15) is 187 Å². The molecule has 264 valence electrons. The van der Waals surface area contributed by atoms with Crippen LogP contribution < -0.4 is 5.32 Å². The van der Waals surface area contributed by atoms with Crippen molar-refractivity contribution in [3.8, 4) is 0 Å². The number of rotatable bonds is 34. The van der Waals surface area contributed by atoms with E-state index in [9.17, 15) is 20.1 Å². The fraction of sp³-hybridized carbons (Fsp3) is 0.825. The summed E-state index contributed by atoms with van der Waals surface area (Å²) in [4.78, 5) is 12.4. The number of carbonyl (C=O) groups excluding carboxylic acids is 1. The minimum atomic E-state index is -0.956. The molecular formula is C40H75NO4. The first-order valence-electron chi connectivity index (χ1n) is 19.3. The summed E-state index contributed by atoms with van der Waals surface area (Å²) in [5.41, 5.74) is 0. The maximum absolute atomic E-state index is 12.4. The molecule has 0 spiro atoms. The summed E-state index contributed by atoms with van der Waals surface area (Å²) in [6, 6.07) is -0.763. The largest absolute Gasteiger partial charge is 0.394 e. The SMILES string of the molecule is CCCCCCCC/C=C/CC/C=C/CC/C=C/C(O)C(CO)NC(=O)CC(O)CCCCCCCCCCCCCCCC. The topological polar surface area (TPSA) is 89.8 Å². The molecule has 0 aromatic carbocycles. The zero-order valence-electron chi connectivity index (χ0n) is 29.7. The van der Waals surface area contributed by atoms with Gasteiger partial charge < -0.3 is 20.6 Å². The normalized spacial score (nSPS) is 14.2.